The van der Waals surface area contributed by atoms with E-state index in [1.54, 1.807) is 6.07 Å². The van der Waals surface area contributed by atoms with Crippen LogP contribution in [0.5, 0.6) is 0 Å². The lowest BCUT2D eigenvalue weighted by Crippen LogP contribution is -2.06. The van der Waals surface area contributed by atoms with Gasteiger partial charge in [0, 0.05) is 9.79 Å². The van der Waals surface area contributed by atoms with Crippen molar-refractivity contribution in [1.29, 1.82) is 0 Å². The Morgan fingerprint density at radius 1 is 1.05 bits per heavy atom. The van der Waals surface area contributed by atoms with Crippen molar-refractivity contribution >= 4 is 24.2 Å². The summed E-state index contributed by atoms with van der Waals surface area (Å²) >= 11 is 1.13. The fourth-order valence-electron chi connectivity index (χ4n) is 2.08. The average Bonchev–Trinajstić information content (AvgIpc) is 2.42. The summed E-state index contributed by atoms with van der Waals surface area (Å²) in [6.07, 6.45) is -4.35. The van der Waals surface area contributed by atoms with Crippen molar-refractivity contribution in [1.82, 2.24) is 0 Å². The van der Waals surface area contributed by atoms with E-state index < -0.39 is 11.7 Å². The maximum absolute atomic E-state index is 13.0. The van der Waals surface area contributed by atoms with Crippen molar-refractivity contribution in [3.63, 3.8) is 0 Å². The van der Waals surface area contributed by atoms with E-state index in [2.05, 4.69) is 11.7 Å². The Bertz CT molecular complexity index is 654. The van der Waals surface area contributed by atoms with Crippen LogP contribution in [0.2, 0.25) is 0 Å². The molecule has 5 heteroatoms. The Balaban J connectivity index is 2.47. The van der Waals surface area contributed by atoms with Gasteiger partial charge in [0.1, 0.15) is 0 Å². The van der Waals surface area contributed by atoms with E-state index in [0.717, 1.165) is 39.5 Å². The van der Waals surface area contributed by atoms with Crippen LogP contribution in [0.3, 0.4) is 0 Å². The lowest BCUT2D eigenvalue weighted by Gasteiger charge is -2.15. The number of alkyl halides is 3. The minimum atomic E-state index is -4.35. The van der Waals surface area contributed by atoms with Gasteiger partial charge in [-0.3, -0.25) is 4.99 Å². The summed E-state index contributed by atoms with van der Waals surface area (Å²) in [6.45, 7) is 7.19. The fourth-order valence-corrected chi connectivity index (χ4v) is 3.18. The van der Waals surface area contributed by atoms with Gasteiger partial charge in [0.2, 0.25) is 0 Å². The first-order valence-electron chi connectivity index (χ1n) is 6.25. The quantitative estimate of drug-likeness (QED) is 0.652. The summed E-state index contributed by atoms with van der Waals surface area (Å²) in [5.41, 5.74) is 1.89. The maximum atomic E-state index is 13.0. The molecule has 0 atom stereocenters. The molecule has 0 N–H and O–H groups in total. The van der Waals surface area contributed by atoms with Crippen molar-refractivity contribution in [2.75, 3.05) is 0 Å². The fraction of sp³-hybridized carbons (Fsp3) is 0.188. The van der Waals surface area contributed by atoms with Gasteiger partial charge in [0.05, 0.1) is 11.3 Å². The molecule has 0 aromatic heterocycles. The van der Waals surface area contributed by atoms with E-state index in [1.165, 1.54) is 12.1 Å². The van der Waals surface area contributed by atoms with Crippen molar-refractivity contribution in [2.24, 2.45) is 4.99 Å². The molecule has 0 saturated carbocycles. The number of halogens is 3. The summed E-state index contributed by atoms with van der Waals surface area (Å²) in [6, 6.07) is 9.25. The molecule has 0 saturated heterocycles. The second-order valence-corrected chi connectivity index (χ2v) is 5.71. The second-order valence-electron chi connectivity index (χ2n) is 4.66. The number of benzene rings is 2. The molecule has 0 radical (unpaired) electrons. The van der Waals surface area contributed by atoms with Gasteiger partial charge < -0.3 is 0 Å². The van der Waals surface area contributed by atoms with Gasteiger partial charge in [-0.25, -0.2) is 0 Å². The highest BCUT2D eigenvalue weighted by molar-refractivity contribution is 7.99. The van der Waals surface area contributed by atoms with E-state index in [4.69, 9.17) is 0 Å². The van der Waals surface area contributed by atoms with E-state index in [-0.39, 0.29) is 4.90 Å². The number of aryl methyl sites for hydroxylation is 2. The molecule has 0 spiro atoms. The third kappa shape index (κ3) is 3.47. The lowest BCUT2D eigenvalue weighted by atomic mass is 10.1. The SMILES string of the molecule is C=Nc1cc(C)c(Sc2ccccc2C(F)(F)F)c(C)c1. The van der Waals surface area contributed by atoms with Gasteiger partial charge in [-0.2, -0.15) is 13.2 Å². The van der Waals surface area contributed by atoms with Crippen LogP contribution in [-0.2, 0) is 6.18 Å². The Morgan fingerprint density at radius 3 is 2.14 bits per heavy atom. The van der Waals surface area contributed by atoms with E-state index in [9.17, 15) is 13.2 Å². The van der Waals surface area contributed by atoms with E-state index in [1.807, 2.05) is 26.0 Å². The molecule has 0 amide bonds. The van der Waals surface area contributed by atoms with Gasteiger partial charge in [-0.05, 0) is 56.0 Å². The third-order valence-corrected chi connectivity index (χ3v) is 4.46. The second kappa shape index (κ2) is 5.93. The van der Waals surface area contributed by atoms with Crippen LogP contribution in [0.15, 0.2) is 51.2 Å². The van der Waals surface area contributed by atoms with Crippen LogP contribution in [0.4, 0.5) is 18.9 Å². The lowest BCUT2D eigenvalue weighted by molar-refractivity contribution is -0.139. The smallest absolute Gasteiger partial charge is 0.265 e. The zero-order chi connectivity index (χ0) is 15.6. The molecule has 2 aromatic rings. The number of aliphatic imine (C=N–C) groups is 1. The van der Waals surface area contributed by atoms with Gasteiger partial charge in [0.25, 0.3) is 0 Å². The molecule has 0 aliphatic rings. The predicted octanol–water partition coefficient (Wildman–Crippen LogP) is 5.81. The first-order chi connectivity index (χ1) is 9.82. The molecule has 0 aliphatic heterocycles. The molecule has 0 heterocycles. The number of nitrogens with zero attached hydrogens (tertiary/aromatic N) is 1. The predicted molar refractivity (Wildman–Crippen MR) is 80.7 cm³/mol. The van der Waals surface area contributed by atoms with Crippen molar-refractivity contribution < 1.29 is 13.2 Å². The Labute approximate surface area is 125 Å². The Morgan fingerprint density at radius 2 is 1.62 bits per heavy atom. The van der Waals surface area contributed by atoms with Gasteiger partial charge in [-0.1, -0.05) is 23.9 Å². The molecule has 0 bridgehead atoms. The van der Waals surface area contributed by atoms with Gasteiger partial charge in [-0.15, -0.1) is 0 Å². The molecular formula is C16H14F3NS. The minimum Gasteiger partial charge on any atom is -0.265 e. The molecular weight excluding hydrogens is 295 g/mol. The normalized spacial score (nSPS) is 11.5. The van der Waals surface area contributed by atoms with Crippen LogP contribution < -0.4 is 0 Å². The maximum Gasteiger partial charge on any atom is 0.417 e. The molecule has 2 rings (SSSR count). The average molecular weight is 309 g/mol. The highest BCUT2D eigenvalue weighted by Crippen LogP contribution is 2.41. The largest absolute Gasteiger partial charge is 0.417 e. The van der Waals surface area contributed by atoms with E-state index >= 15 is 0 Å². The van der Waals surface area contributed by atoms with Crippen molar-refractivity contribution in [3.05, 3.63) is 53.1 Å². The van der Waals surface area contributed by atoms with E-state index in [0.29, 0.717) is 0 Å². The minimum absolute atomic E-state index is 0.204. The number of rotatable bonds is 3. The number of hydrogen-bond acceptors (Lipinski definition) is 2. The highest BCUT2D eigenvalue weighted by atomic mass is 32.2. The van der Waals surface area contributed by atoms with Gasteiger partial charge >= 0.3 is 6.18 Å². The molecule has 1 nitrogen and oxygen atoms in total. The van der Waals surface area contributed by atoms with Crippen LogP contribution in [-0.4, -0.2) is 6.72 Å². The molecule has 0 aliphatic carbocycles. The number of hydrogen-bond donors (Lipinski definition) is 0. The van der Waals surface area contributed by atoms with Crippen LogP contribution in [0, 0.1) is 13.8 Å². The summed E-state index contributed by atoms with van der Waals surface area (Å²) in [4.78, 5) is 4.88. The molecule has 0 fully saturated rings. The summed E-state index contributed by atoms with van der Waals surface area (Å²) in [5.74, 6) is 0. The third-order valence-electron chi connectivity index (χ3n) is 3.03. The Hall–Kier alpha value is -1.75. The monoisotopic (exact) mass is 309 g/mol. The molecule has 21 heavy (non-hydrogen) atoms. The summed E-state index contributed by atoms with van der Waals surface area (Å²) in [7, 11) is 0. The van der Waals surface area contributed by atoms with Crippen LogP contribution >= 0.6 is 11.8 Å². The van der Waals surface area contributed by atoms with Crippen molar-refractivity contribution in [3.8, 4) is 0 Å². The Kier molecular flexibility index (Phi) is 4.42. The summed E-state index contributed by atoms with van der Waals surface area (Å²) < 4.78 is 39.1. The topological polar surface area (TPSA) is 12.4 Å². The molecule has 0 unspecified atom stereocenters. The molecule has 110 valence electrons. The highest BCUT2D eigenvalue weighted by Gasteiger charge is 2.33. The van der Waals surface area contributed by atoms with Gasteiger partial charge in [0.15, 0.2) is 0 Å². The summed E-state index contributed by atoms with van der Waals surface area (Å²) in [5, 5.41) is 0. The molecule has 2 aromatic carbocycles. The van der Waals surface area contributed by atoms with Crippen molar-refractivity contribution in [2.45, 2.75) is 29.8 Å². The first-order valence-corrected chi connectivity index (χ1v) is 7.06. The van der Waals surface area contributed by atoms with Crippen LogP contribution in [0.1, 0.15) is 16.7 Å². The first kappa shape index (κ1) is 15.6. The van der Waals surface area contributed by atoms with Crippen LogP contribution in [0.25, 0.3) is 0 Å². The zero-order valence-corrected chi connectivity index (χ0v) is 12.5. The zero-order valence-electron chi connectivity index (χ0n) is 11.7. The standard InChI is InChI=1S/C16H14F3NS/c1-10-8-12(20-3)9-11(2)15(10)21-14-7-5-4-6-13(14)16(17,18)19/h4-9H,3H2,1-2H3.